The Morgan fingerprint density at radius 1 is 0.895 bits per heavy atom. The van der Waals surface area contributed by atoms with Gasteiger partial charge in [-0.1, -0.05) is 81.4 Å². The first-order valence-electron chi connectivity index (χ1n) is 12.8. The van der Waals surface area contributed by atoms with E-state index in [9.17, 15) is 19.8 Å². The van der Waals surface area contributed by atoms with Gasteiger partial charge in [-0.15, -0.1) is 0 Å². The molecule has 1 heterocycles. The number of nitrogens with two attached hydrogens (primary N) is 1. The summed E-state index contributed by atoms with van der Waals surface area (Å²) in [4.78, 5) is 28.8. The van der Waals surface area contributed by atoms with E-state index >= 15 is 0 Å². The largest absolute Gasteiger partial charge is 0.465 e. The van der Waals surface area contributed by atoms with Gasteiger partial charge in [-0.25, -0.2) is 4.79 Å². The first kappa shape index (κ1) is 28.8. The number of aromatic nitrogens is 1. The van der Waals surface area contributed by atoms with Gasteiger partial charge in [0.1, 0.15) is 6.04 Å². The van der Waals surface area contributed by atoms with Crippen molar-refractivity contribution in [3.05, 3.63) is 90.3 Å². The third-order valence-corrected chi connectivity index (χ3v) is 6.48. The van der Waals surface area contributed by atoms with Crippen LogP contribution >= 0.6 is 0 Å². The fraction of sp³-hybridized carbons (Fsp3) is 0.367. The molecule has 202 valence electrons. The lowest BCUT2D eigenvalue weighted by molar-refractivity contribution is -0.127. The molecule has 3 aromatic rings. The van der Waals surface area contributed by atoms with Crippen LogP contribution < -0.4 is 16.4 Å². The van der Waals surface area contributed by atoms with Gasteiger partial charge < -0.3 is 26.6 Å². The Morgan fingerprint density at radius 3 is 2.13 bits per heavy atom. The Morgan fingerprint density at radius 2 is 1.55 bits per heavy atom. The van der Waals surface area contributed by atoms with E-state index in [4.69, 9.17) is 5.73 Å². The van der Waals surface area contributed by atoms with Gasteiger partial charge in [0, 0.05) is 18.4 Å². The number of amides is 2. The predicted molar refractivity (Wildman–Crippen MR) is 148 cm³/mol. The van der Waals surface area contributed by atoms with Crippen LogP contribution in [0.3, 0.4) is 0 Å². The van der Waals surface area contributed by atoms with Crippen LogP contribution in [0.1, 0.15) is 38.3 Å². The van der Waals surface area contributed by atoms with Crippen molar-refractivity contribution in [3.8, 4) is 11.1 Å². The van der Waals surface area contributed by atoms with Gasteiger partial charge in [0.15, 0.2) is 0 Å². The minimum atomic E-state index is -1.28. The number of aliphatic hydroxyl groups excluding tert-OH is 1. The Kier molecular flexibility index (Phi) is 9.98. The number of pyridine rings is 1. The molecular formula is C30H38N4O4. The second-order valence-electron chi connectivity index (χ2n) is 10.8. The first-order valence-corrected chi connectivity index (χ1v) is 12.8. The molecule has 1 aromatic heterocycles. The fourth-order valence-electron chi connectivity index (χ4n) is 4.44. The molecule has 0 radical (unpaired) electrons. The highest BCUT2D eigenvalue weighted by molar-refractivity contribution is 5.86. The highest BCUT2D eigenvalue weighted by Gasteiger charge is 2.35. The molecule has 38 heavy (non-hydrogen) atoms. The molecule has 6 N–H and O–H groups in total. The number of rotatable bonds is 11. The number of hydrogen-bond acceptors (Lipinski definition) is 5. The average molecular weight is 519 g/mol. The maximum Gasteiger partial charge on any atom is 0.405 e. The lowest BCUT2D eigenvalue weighted by atomic mass is 9.85. The Balaban J connectivity index is 1.78. The van der Waals surface area contributed by atoms with Crippen LogP contribution in [0, 0.1) is 5.41 Å². The fourth-order valence-corrected chi connectivity index (χ4v) is 4.44. The van der Waals surface area contributed by atoms with Crippen molar-refractivity contribution in [2.45, 2.75) is 64.3 Å². The molecule has 0 spiro atoms. The second-order valence-corrected chi connectivity index (χ2v) is 10.8. The second kappa shape index (κ2) is 13.2. The molecule has 4 atom stereocenters. The van der Waals surface area contributed by atoms with Crippen LogP contribution in [0.2, 0.25) is 0 Å². The molecule has 2 aromatic carbocycles. The third kappa shape index (κ3) is 8.68. The standard InChI is InChI=1S/C30H38N4O4/c1-30(2,3)27(34-29(37)38)28(36)33-25(26(35)18-24(31)16-20-8-5-4-6-9-20)17-21-11-13-22(14-12-21)23-10-7-15-32-19-23/h4-15,19,24-27,34-35H,16-18,31H2,1-3H3,(H,33,36)(H,37,38)/t24-,25-,26-,27+/m0/s1. The molecule has 0 aliphatic heterocycles. The summed E-state index contributed by atoms with van der Waals surface area (Å²) in [6.07, 6.45) is 2.48. The van der Waals surface area contributed by atoms with Crippen LogP contribution in [-0.4, -0.2) is 51.4 Å². The normalized spacial score (nSPS) is 14.7. The average Bonchev–Trinajstić information content (AvgIpc) is 2.87. The monoisotopic (exact) mass is 518 g/mol. The van der Waals surface area contributed by atoms with Gasteiger partial charge in [-0.2, -0.15) is 0 Å². The van der Waals surface area contributed by atoms with E-state index in [0.29, 0.717) is 12.8 Å². The van der Waals surface area contributed by atoms with E-state index in [0.717, 1.165) is 22.3 Å². The van der Waals surface area contributed by atoms with Gasteiger partial charge in [0.25, 0.3) is 0 Å². The van der Waals surface area contributed by atoms with Gasteiger partial charge in [-0.05, 0) is 53.0 Å². The molecule has 0 fully saturated rings. The van der Waals surface area contributed by atoms with Crippen molar-refractivity contribution in [3.63, 3.8) is 0 Å². The zero-order valence-electron chi connectivity index (χ0n) is 22.2. The molecule has 2 amide bonds. The van der Waals surface area contributed by atoms with Crippen molar-refractivity contribution in [1.82, 2.24) is 15.6 Å². The number of benzene rings is 2. The number of aliphatic hydroxyl groups is 1. The highest BCUT2D eigenvalue weighted by atomic mass is 16.4. The molecule has 0 unspecified atom stereocenters. The van der Waals surface area contributed by atoms with Crippen molar-refractivity contribution in [2.24, 2.45) is 11.1 Å². The number of carbonyl (C=O) groups excluding carboxylic acids is 1. The summed E-state index contributed by atoms with van der Waals surface area (Å²) in [5, 5.41) is 25.8. The van der Waals surface area contributed by atoms with Crippen LogP contribution in [0.25, 0.3) is 11.1 Å². The van der Waals surface area contributed by atoms with Gasteiger partial charge in [-0.3, -0.25) is 9.78 Å². The summed E-state index contributed by atoms with van der Waals surface area (Å²) in [5.74, 6) is -0.493. The highest BCUT2D eigenvalue weighted by Crippen LogP contribution is 2.22. The summed E-state index contributed by atoms with van der Waals surface area (Å²) >= 11 is 0. The molecule has 3 rings (SSSR count). The Labute approximate surface area is 224 Å². The lowest BCUT2D eigenvalue weighted by Crippen LogP contribution is -2.57. The molecule has 0 bridgehead atoms. The van der Waals surface area contributed by atoms with E-state index in [1.165, 1.54) is 0 Å². The maximum atomic E-state index is 13.3. The minimum Gasteiger partial charge on any atom is -0.465 e. The molecular weight excluding hydrogens is 480 g/mol. The number of carboxylic acid groups (broad SMARTS) is 1. The van der Waals surface area contributed by atoms with E-state index in [1.807, 2.05) is 66.7 Å². The Bertz CT molecular complexity index is 1160. The smallest absolute Gasteiger partial charge is 0.405 e. The molecule has 0 aliphatic rings. The van der Waals surface area contributed by atoms with Gasteiger partial charge in [0.05, 0.1) is 12.1 Å². The first-order chi connectivity index (χ1) is 18.0. The summed E-state index contributed by atoms with van der Waals surface area (Å²) in [6, 6.07) is 19.5. The van der Waals surface area contributed by atoms with E-state index < -0.39 is 35.6 Å². The summed E-state index contributed by atoms with van der Waals surface area (Å²) in [6.45, 7) is 5.35. The van der Waals surface area contributed by atoms with Crippen molar-refractivity contribution >= 4 is 12.0 Å². The lowest BCUT2D eigenvalue weighted by Gasteiger charge is -2.33. The molecule has 0 saturated heterocycles. The van der Waals surface area contributed by atoms with E-state index in [2.05, 4.69) is 15.6 Å². The van der Waals surface area contributed by atoms with Crippen LogP contribution in [0.5, 0.6) is 0 Å². The molecule has 8 heteroatoms. The maximum absolute atomic E-state index is 13.3. The Hall–Kier alpha value is -3.75. The van der Waals surface area contributed by atoms with Crippen LogP contribution in [0.15, 0.2) is 79.1 Å². The number of nitrogens with zero attached hydrogens (tertiary/aromatic N) is 1. The van der Waals surface area contributed by atoms with E-state index in [1.54, 1.807) is 33.2 Å². The summed E-state index contributed by atoms with van der Waals surface area (Å²) < 4.78 is 0. The van der Waals surface area contributed by atoms with Crippen molar-refractivity contribution in [1.29, 1.82) is 0 Å². The van der Waals surface area contributed by atoms with Crippen LogP contribution in [-0.2, 0) is 17.6 Å². The zero-order chi connectivity index (χ0) is 27.7. The summed E-state index contributed by atoms with van der Waals surface area (Å²) in [5.41, 5.74) is 9.68. The number of carbonyl (C=O) groups is 2. The molecule has 0 aliphatic carbocycles. The van der Waals surface area contributed by atoms with E-state index in [-0.39, 0.29) is 12.5 Å². The predicted octanol–water partition coefficient (Wildman–Crippen LogP) is 3.78. The quantitative estimate of drug-likeness (QED) is 0.262. The summed E-state index contributed by atoms with van der Waals surface area (Å²) in [7, 11) is 0. The van der Waals surface area contributed by atoms with Gasteiger partial charge in [0.2, 0.25) is 5.91 Å². The molecule has 0 saturated carbocycles. The van der Waals surface area contributed by atoms with Crippen molar-refractivity contribution in [2.75, 3.05) is 0 Å². The third-order valence-electron chi connectivity index (χ3n) is 6.48. The zero-order valence-corrected chi connectivity index (χ0v) is 22.2. The molecule has 8 nitrogen and oxygen atoms in total. The van der Waals surface area contributed by atoms with Gasteiger partial charge >= 0.3 is 6.09 Å². The number of nitrogens with one attached hydrogen (secondary N) is 2. The minimum absolute atomic E-state index is 0.264. The SMILES string of the molecule is CC(C)(C)[C@H](NC(=O)O)C(=O)N[C@@H](Cc1ccc(-c2cccnc2)cc1)[C@@H](O)C[C@@H](N)Cc1ccccc1. The topological polar surface area (TPSA) is 138 Å². The van der Waals surface area contributed by atoms with Crippen molar-refractivity contribution < 1.29 is 19.8 Å². The van der Waals surface area contributed by atoms with Crippen LogP contribution in [0.4, 0.5) is 4.79 Å². The number of hydrogen-bond donors (Lipinski definition) is 5.